The minimum absolute atomic E-state index is 0.0188. The molecule has 2 heterocycles. The van der Waals surface area contributed by atoms with Gasteiger partial charge in [-0.15, -0.1) is 0 Å². The number of amides is 1. The summed E-state index contributed by atoms with van der Waals surface area (Å²) in [6.45, 7) is 7.20. The fraction of sp³-hybridized carbons (Fsp3) is 0.417. The molecule has 188 valence electrons. The van der Waals surface area contributed by atoms with Gasteiger partial charge in [0, 0.05) is 30.8 Å². The molecule has 2 aromatic heterocycles. The molecule has 0 aliphatic rings. The summed E-state index contributed by atoms with van der Waals surface area (Å²) in [4.78, 5) is 22.0. The first-order valence-corrected chi connectivity index (χ1v) is 11.5. The minimum atomic E-state index is -0.921. The second-order valence-electron chi connectivity index (χ2n) is 8.53. The number of hydrogen-bond donors (Lipinski definition) is 3. The van der Waals surface area contributed by atoms with Gasteiger partial charge in [-0.3, -0.25) is 4.79 Å². The molecule has 0 fully saturated rings. The topological polar surface area (TPSA) is 134 Å². The molecule has 1 atom stereocenters. The molecule has 0 aliphatic carbocycles. The molecule has 35 heavy (non-hydrogen) atoms. The first-order chi connectivity index (χ1) is 16.6. The Labute approximate surface area is 208 Å². The van der Waals surface area contributed by atoms with E-state index in [9.17, 15) is 9.90 Å². The van der Waals surface area contributed by atoms with E-state index in [1.807, 2.05) is 44.0 Å². The molecule has 1 amide bonds. The largest absolute Gasteiger partial charge is 0.490 e. The van der Waals surface area contributed by atoms with Crippen LogP contribution < -0.4 is 15.0 Å². The number of nitrogens with one attached hydrogen (secondary N) is 1. The standard InChI is InChI=1S/C24H30ClN5O5/c1-13(2)30(5)20-9-17(8-19(25)27-20)24-28-23(29-35-24)16-6-14(3)22(15(4)7-16)34-12-18(32)10-26-21(33)11-31/h6-9,13,18,31-32H,10-12H2,1-5H3,(H,26,33)/t18-/m1/s1. The third-order valence-corrected chi connectivity index (χ3v) is 5.60. The molecule has 3 aromatic rings. The van der Waals surface area contributed by atoms with Gasteiger partial charge in [0.2, 0.25) is 11.7 Å². The number of halogens is 1. The Balaban J connectivity index is 1.77. The Hall–Kier alpha value is -3.21. The normalized spacial score (nSPS) is 12.0. The zero-order valence-corrected chi connectivity index (χ0v) is 21.1. The summed E-state index contributed by atoms with van der Waals surface area (Å²) in [7, 11) is 1.94. The predicted molar refractivity (Wildman–Crippen MR) is 133 cm³/mol. The van der Waals surface area contributed by atoms with Gasteiger partial charge in [0.05, 0.1) is 0 Å². The molecular weight excluding hydrogens is 474 g/mol. The molecule has 3 N–H and O–H groups in total. The molecule has 11 heteroatoms. The van der Waals surface area contributed by atoms with E-state index in [1.165, 1.54) is 0 Å². The number of aliphatic hydroxyl groups is 2. The Bertz CT molecular complexity index is 1160. The first-order valence-electron chi connectivity index (χ1n) is 11.1. The lowest BCUT2D eigenvalue weighted by molar-refractivity contribution is -0.124. The van der Waals surface area contributed by atoms with Crippen LogP contribution in [0.5, 0.6) is 5.75 Å². The highest BCUT2D eigenvalue weighted by Crippen LogP contribution is 2.31. The molecule has 0 bridgehead atoms. The van der Waals surface area contributed by atoms with Crippen LogP contribution in [0.3, 0.4) is 0 Å². The average molecular weight is 504 g/mol. The van der Waals surface area contributed by atoms with Crippen molar-refractivity contribution in [3.63, 3.8) is 0 Å². The number of aryl methyl sites for hydroxylation is 2. The van der Waals surface area contributed by atoms with E-state index in [2.05, 4.69) is 34.3 Å². The van der Waals surface area contributed by atoms with E-state index in [0.29, 0.717) is 34.0 Å². The van der Waals surface area contributed by atoms with Gasteiger partial charge < -0.3 is 29.7 Å². The summed E-state index contributed by atoms with van der Waals surface area (Å²) in [6.07, 6.45) is -0.921. The number of aliphatic hydroxyl groups excluding tert-OH is 2. The summed E-state index contributed by atoms with van der Waals surface area (Å²) in [6, 6.07) is 7.51. The zero-order chi connectivity index (χ0) is 25.7. The van der Waals surface area contributed by atoms with Crippen molar-refractivity contribution in [2.24, 2.45) is 0 Å². The van der Waals surface area contributed by atoms with Crippen LogP contribution in [0.15, 0.2) is 28.8 Å². The molecule has 3 rings (SSSR count). The van der Waals surface area contributed by atoms with E-state index >= 15 is 0 Å². The summed E-state index contributed by atoms with van der Waals surface area (Å²) >= 11 is 6.23. The fourth-order valence-electron chi connectivity index (χ4n) is 3.34. The average Bonchev–Trinajstić information content (AvgIpc) is 3.31. The highest BCUT2D eigenvalue weighted by atomic mass is 35.5. The number of benzene rings is 1. The monoisotopic (exact) mass is 503 g/mol. The maximum Gasteiger partial charge on any atom is 0.258 e. The summed E-state index contributed by atoms with van der Waals surface area (Å²) in [5.74, 6) is 1.50. The number of aromatic nitrogens is 3. The highest BCUT2D eigenvalue weighted by Gasteiger charge is 2.17. The van der Waals surface area contributed by atoms with Crippen molar-refractivity contribution in [3.05, 3.63) is 40.5 Å². The van der Waals surface area contributed by atoms with Crippen molar-refractivity contribution in [3.8, 4) is 28.6 Å². The van der Waals surface area contributed by atoms with Crippen LogP contribution in [0.25, 0.3) is 22.8 Å². The lowest BCUT2D eigenvalue weighted by Gasteiger charge is -2.22. The van der Waals surface area contributed by atoms with Crippen LogP contribution in [0, 0.1) is 13.8 Å². The Morgan fingerprint density at radius 2 is 1.86 bits per heavy atom. The minimum Gasteiger partial charge on any atom is -0.490 e. The number of carbonyl (C=O) groups is 1. The number of nitrogens with zero attached hydrogens (tertiary/aromatic N) is 4. The van der Waals surface area contributed by atoms with E-state index in [1.54, 1.807) is 6.07 Å². The second kappa shape index (κ2) is 11.5. The molecule has 0 radical (unpaired) electrons. The van der Waals surface area contributed by atoms with Gasteiger partial charge in [0.25, 0.3) is 5.89 Å². The van der Waals surface area contributed by atoms with E-state index in [4.69, 9.17) is 26.0 Å². The van der Waals surface area contributed by atoms with E-state index in [0.717, 1.165) is 16.7 Å². The number of hydrogen-bond acceptors (Lipinski definition) is 9. The molecule has 0 saturated carbocycles. The molecule has 10 nitrogen and oxygen atoms in total. The third kappa shape index (κ3) is 6.68. The van der Waals surface area contributed by atoms with Gasteiger partial charge in [-0.05, 0) is 63.1 Å². The van der Waals surface area contributed by atoms with Gasteiger partial charge in [0.15, 0.2) is 0 Å². The maximum atomic E-state index is 11.1. The summed E-state index contributed by atoms with van der Waals surface area (Å²) < 4.78 is 11.3. The molecule has 0 spiro atoms. The van der Waals surface area contributed by atoms with Crippen LogP contribution in [0.2, 0.25) is 5.15 Å². The van der Waals surface area contributed by atoms with E-state index < -0.39 is 18.6 Å². The predicted octanol–water partition coefficient (Wildman–Crippen LogP) is 2.76. The van der Waals surface area contributed by atoms with Crippen LogP contribution in [-0.4, -0.2) is 70.2 Å². The van der Waals surface area contributed by atoms with Crippen molar-refractivity contribution in [1.29, 1.82) is 0 Å². The number of anilines is 1. The van der Waals surface area contributed by atoms with Crippen molar-refractivity contribution < 1.29 is 24.3 Å². The number of carbonyl (C=O) groups excluding carboxylic acids is 1. The Morgan fingerprint density at radius 1 is 1.17 bits per heavy atom. The molecule has 0 unspecified atom stereocenters. The molecule has 1 aromatic carbocycles. The van der Waals surface area contributed by atoms with Gasteiger partial charge in [-0.1, -0.05) is 16.8 Å². The highest BCUT2D eigenvalue weighted by molar-refractivity contribution is 6.29. The SMILES string of the molecule is Cc1cc(-c2noc(-c3cc(Cl)nc(N(C)C(C)C)c3)n2)cc(C)c1OC[C@H](O)CNC(=O)CO. The third-order valence-electron chi connectivity index (χ3n) is 5.41. The summed E-state index contributed by atoms with van der Waals surface area (Å²) in [5.41, 5.74) is 3.07. The number of pyridine rings is 1. The maximum absolute atomic E-state index is 11.1. The molecule has 0 aliphatic heterocycles. The lowest BCUT2D eigenvalue weighted by atomic mass is 10.1. The van der Waals surface area contributed by atoms with Crippen LogP contribution >= 0.6 is 11.6 Å². The van der Waals surface area contributed by atoms with Crippen LogP contribution in [-0.2, 0) is 4.79 Å². The Morgan fingerprint density at radius 3 is 2.49 bits per heavy atom. The van der Waals surface area contributed by atoms with Crippen molar-refractivity contribution in [1.82, 2.24) is 20.4 Å². The Kier molecular flexibility index (Phi) is 8.66. The van der Waals surface area contributed by atoms with Crippen LogP contribution in [0.1, 0.15) is 25.0 Å². The smallest absolute Gasteiger partial charge is 0.258 e. The quantitative estimate of drug-likeness (QED) is 0.357. The van der Waals surface area contributed by atoms with Crippen molar-refractivity contribution in [2.75, 3.05) is 31.7 Å². The second-order valence-corrected chi connectivity index (χ2v) is 8.92. The number of rotatable bonds is 10. The van der Waals surface area contributed by atoms with Gasteiger partial charge in [-0.25, -0.2) is 4.98 Å². The van der Waals surface area contributed by atoms with Gasteiger partial charge in [-0.2, -0.15) is 4.98 Å². The van der Waals surface area contributed by atoms with Crippen LogP contribution in [0.4, 0.5) is 5.82 Å². The fourth-order valence-corrected chi connectivity index (χ4v) is 3.55. The molecular formula is C24H30ClN5O5. The first kappa shape index (κ1) is 26.4. The van der Waals surface area contributed by atoms with Crippen molar-refractivity contribution in [2.45, 2.75) is 39.8 Å². The zero-order valence-electron chi connectivity index (χ0n) is 20.4. The van der Waals surface area contributed by atoms with Gasteiger partial charge in [0.1, 0.15) is 36.0 Å². The molecule has 0 saturated heterocycles. The summed E-state index contributed by atoms with van der Waals surface area (Å²) in [5, 5.41) is 25.6. The van der Waals surface area contributed by atoms with Crippen molar-refractivity contribution >= 4 is 23.3 Å². The lowest BCUT2D eigenvalue weighted by Crippen LogP contribution is -2.36. The van der Waals surface area contributed by atoms with Gasteiger partial charge >= 0.3 is 0 Å². The number of ether oxygens (including phenoxy) is 1. The van der Waals surface area contributed by atoms with E-state index in [-0.39, 0.29) is 19.2 Å².